The standard InChI is InChI=1S/C21H23FN2O2/c1-15-7-8-16(2)19(13-15)21(26)24-10-4-9-23(11-12-24)20(25)17-5-3-6-18(22)14-17/h3,5-8,13-14H,4,9-12H2,1-2H3. The summed E-state index contributed by atoms with van der Waals surface area (Å²) >= 11 is 0. The molecule has 3 rings (SSSR count). The van der Waals surface area contributed by atoms with Crippen molar-refractivity contribution >= 4 is 11.8 Å². The molecule has 1 aliphatic heterocycles. The summed E-state index contributed by atoms with van der Waals surface area (Å²) in [7, 11) is 0. The summed E-state index contributed by atoms with van der Waals surface area (Å²) in [5.74, 6) is -0.603. The number of aryl methyl sites for hydroxylation is 2. The summed E-state index contributed by atoms with van der Waals surface area (Å²) < 4.78 is 13.4. The largest absolute Gasteiger partial charge is 0.337 e. The van der Waals surface area contributed by atoms with Crippen molar-refractivity contribution < 1.29 is 14.0 Å². The van der Waals surface area contributed by atoms with Crippen molar-refractivity contribution in [1.82, 2.24) is 9.80 Å². The molecule has 5 heteroatoms. The molecular weight excluding hydrogens is 331 g/mol. The van der Waals surface area contributed by atoms with E-state index in [1.54, 1.807) is 15.9 Å². The lowest BCUT2D eigenvalue weighted by atomic mass is 10.0. The fourth-order valence-corrected chi connectivity index (χ4v) is 3.26. The summed E-state index contributed by atoms with van der Waals surface area (Å²) in [4.78, 5) is 29.0. The molecule has 0 aromatic heterocycles. The normalized spacial score (nSPS) is 14.9. The first-order chi connectivity index (χ1) is 12.5. The van der Waals surface area contributed by atoms with E-state index in [1.807, 2.05) is 32.0 Å². The van der Waals surface area contributed by atoms with E-state index in [9.17, 15) is 14.0 Å². The number of carbonyl (C=O) groups excluding carboxylic acids is 2. The van der Waals surface area contributed by atoms with E-state index in [0.717, 1.165) is 16.7 Å². The third kappa shape index (κ3) is 3.93. The summed E-state index contributed by atoms with van der Waals surface area (Å²) in [6.07, 6.45) is 0.706. The Labute approximate surface area is 153 Å². The van der Waals surface area contributed by atoms with Gasteiger partial charge < -0.3 is 9.80 Å². The molecule has 0 N–H and O–H groups in total. The molecule has 0 unspecified atom stereocenters. The Morgan fingerprint density at radius 2 is 1.58 bits per heavy atom. The van der Waals surface area contributed by atoms with Crippen LogP contribution in [0.4, 0.5) is 4.39 Å². The highest BCUT2D eigenvalue weighted by atomic mass is 19.1. The van der Waals surface area contributed by atoms with Crippen LogP contribution in [0.2, 0.25) is 0 Å². The van der Waals surface area contributed by atoms with Crippen LogP contribution in [0.25, 0.3) is 0 Å². The average molecular weight is 354 g/mol. The second-order valence-corrected chi connectivity index (χ2v) is 6.77. The minimum atomic E-state index is -0.419. The van der Waals surface area contributed by atoms with Crippen LogP contribution >= 0.6 is 0 Å². The van der Waals surface area contributed by atoms with Gasteiger partial charge in [0.2, 0.25) is 0 Å². The van der Waals surface area contributed by atoms with Crippen LogP contribution in [-0.2, 0) is 0 Å². The summed E-state index contributed by atoms with van der Waals surface area (Å²) in [5.41, 5.74) is 3.07. The zero-order valence-electron chi connectivity index (χ0n) is 15.2. The minimum absolute atomic E-state index is 0.00579. The zero-order valence-corrected chi connectivity index (χ0v) is 15.2. The van der Waals surface area contributed by atoms with Crippen LogP contribution in [0.1, 0.15) is 38.3 Å². The van der Waals surface area contributed by atoms with Crippen molar-refractivity contribution in [2.24, 2.45) is 0 Å². The van der Waals surface area contributed by atoms with E-state index in [4.69, 9.17) is 0 Å². The van der Waals surface area contributed by atoms with Crippen molar-refractivity contribution in [2.75, 3.05) is 26.2 Å². The molecule has 1 heterocycles. The number of benzene rings is 2. The lowest BCUT2D eigenvalue weighted by Crippen LogP contribution is -2.37. The lowest BCUT2D eigenvalue weighted by Gasteiger charge is -2.23. The van der Waals surface area contributed by atoms with E-state index in [2.05, 4.69) is 0 Å². The predicted molar refractivity (Wildman–Crippen MR) is 98.7 cm³/mol. The fourth-order valence-electron chi connectivity index (χ4n) is 3.26. The van der Waals surface area contributed by atoms with Gasteiger partial charge in [-0.3, -0.25) is 9.59 Å². The SMILES string of the molecule is Cc1ccc(C)c(C(=O)N2CCCN(C(=O)c3cccc(F)c3)CC2)c1. The van der Waals surface area contributed by atoms with Crippen LogP contribution in [0.15, 0.2) is 42.5 Å². The van der Waals surface area contributed by atoms with E-state index in [-0.39, 0.29) is 11.8 Å². The maximum Gasteiger partial charge on any atom is 0.254 e. The molecule has 0 aliphatic carbocycles. The summed E-state index contributed by atoms with van der Waals surface area (Å²) in [5, 5.41) is 0. The number of nitrogens with zero attached hydrogens (tertiary/aromatic N) is 2. The average Bonchev–Trinajstić information content (AvgIpc) is 2.88. The Balaban J connectivity index is 1.71. The van der Waals surface area contributed by atoms with Crippen LogP contribution < -0.4 is 0 Å². The molecule has 2 aromatic rings. The molecule has 0 atom stereocenters. The molecule has 136 valence electrons. The Morgan fingerprint density at radius 1 is 0.885 bits per heavy atom. The zero-order chi connectivity index (χ0) is 18.7. The maximum absolute atomic E-state index is 13.4. The highest BCUT2D eigenvalue weighted by Crippen LogP contribution is 2.16. The van der Waals surface area contributed by atoms with Gasteiger partial charge in [0, 0.05) is 37.3 Å². The van der Waals surface area contributed by atoms with Gasteiger partial charge in [0.25, 0.3) is 11.8 Å². The van der Waals surface area contributed by atoms with Crippen molar-refractivity contribution in [3.05, 3.63) is 70.5 Å². The van der Waals surface area contributed by atoms with Crippen molar-refractivity contribution in [3.63, 3.8) is 0 Å². The van der Waals surface area contributed by atoms with E-state index in [1.165, 1.54) is 18.2 Å². The third-order valence-electron chi connectivity index (χ3n) is 4.77. The van der Waals surface area contributed by atoms with E-state index < -0.39 is 5.82 Å². The number of amides is 2. The highest BCUT2D eigenvalue weighted by molar-refractivity contribution is 5.96. The number of hydrogen-bond acceptors (Lipinski definition) is 2. The number of rotatable bonds is 2. The van der Waals surface area contributed by atoms with E-state index in [0.29, 0.717) is 38.2 Å². The molecule has 0 bridgehead atoms. The van der Waals surface area contributed by atoms with Crippen LogP contribution in [0.3, 0.4) is 0 Å². The second kappa shape index (κ2) is 7.68. The molecule has 0 spiro atoms. The van der Waals surface area contributed by atoms with Crippen molar-refractivity contribution in [3.8, 4) is 0 Å². The van der Waals surface area contributed by atoms with Gasteiger partial charge in [-0.25, -0.2) is 4.39 Å². The molecule has 1 saturated heterocycles. The van der Waals surface area contributed by atoms with Gasteiger partial charge in [0.1, 0.15) is 5.82 Å². The van der Waals surface area contributed by atoms with Gasteiger partial charge in [-0.15, -0.1) is 0 Å². The molecule has 1 fully saturated rings. The number of hydrogen-bond donors (Lipinski definition) is 0. The topological polar surface area (TPSA) is 40.6 Å². The first kappa shape index (κ1) is 18.1. The molecule has 1 aliphatic rings. The lowest BCUT2D eigenvalue weighted by molar-refractivity contribution is 0.0718. The molecule has 2 amide bonds. The smallest absolute Gasteiger partial charge is 0.254 e. The highest BCUT2D eigenvalue weighted by Gasteiger charge is 2.24. The minimum Gasteiger partial charge on any atom is -0.337 e. The Hall–Kier alpha value is -2.69. The quantitative estimate of drug-likeness (QED) is 0.829. The van der Waals surface area contributed by atoms with Crippen LogP contribution in [-0.4, -0.2) is 47.8 Å². The second-order valence-electron chi connectivity index (χ2n) is 6.77. The fraction of sp³-hybridized carbons (Fsp3) is 0.333. The number of halogens is 1. The van der Waals surface area contributed by atoms with Gasteiger partial charge in [0.15, 0.2) is 0 Å². The van der Waals surface area contributed by atoms with Crippen LogP contribution in [0, 0.1) is 19.7 Å². The molecule has 0 radical (unpaired) electrons. The summed E-state index contributed by atoms with van der Waals surface area (Å²) in [6, 6.07) is 11.6. The molecule has 0 saturated carbocycles. The first-order valence-electron chi connectivity index (χ1n) is 8.87. The van der Waals surface area contributed by atoms with Crippen molar-refractivity contribution in [1.29, 1.82) is 0 Å². The van der Waals surface area contributed by atoms with Crippen molar-refractivity contribution in [2.45, 2.75) is 20.3 Å². The molecule has 26 heavy (non-hydrogen) atoms. The Kier molecular flexibility index (Phi) is 5.35. The molecular formula is C21H23FN2O2. The monoisotopic (exact) mass is 354 g/mol. The third-order valence-corrected chi connectivity index (χ3v) is 4.77. The number of carbonyl (C=O) groups is 2. The van der Waals surface area contributed by atoms with Gasteiger partial charge >= 0.3 is 0 Å². The van der Waals surface area contributed by atoms with E-state index >= 15 is 0 Å². The predicted octanol–water partition coefficient (Wildman–Crippen LogP) is 3.43. The van der Waals surface area contributed by atoms with Gasteiger partial charge in [-0.05, 0) is 50.1 Å². The Morgan fingerprint density at radius 3 is 2.27 bits per heavy atom. The van der Waals surface area contributed by atoms with Gasteiger partial charge in [0.05, 0.1) is 0 Å². The van der Waals surface area contributed by atoms with Gasteiger partial charge in [-0.1, -0.05) is 23.8 Å². The maximum atomic E-state index is 13.4. The van der Waals surface area contributed by atoms with Gasteiger partial charge in [-0.2, -0.15) is 0 Å². The molecule has 4 nitrogen and oxygen atoms in total. The summed E-state index contributed by atoms with van der Waals surface area (Å²) in [6.45, 7) is 6.01. The van der Waals surface area contributed by atoms with Crippen LogP contribution in [0.5, 0.6) is 0 Å². The Bertz CT molecular complexity index is 835. The molecule has 2 aromatic carbocycles. The first-order valence-corrected chi connectivity index (χ1v) is 8.87.